The lowest BCUT2D eigenvalue weighted by atomic mass is 10.1. The third-order valence-corrected chi connectivity index (χ3v) is 2.06. The molecule has 0 atom stereocenters. The third-order valence-electron chi connectivity index (χ3n) is 2.06. The van der Waals surface area contributed by atoms with Gasteiger partial charge in [0.1, 0.15) is 5.75 Å². The molecule has 1 aromatic carbocycles. The van der Waals surface area contributed by atoms with Crippen molar-refractivity contribution in [3.05, 3.63) is 45.6 Å². The van der Waals surface area contributed by atoms with Crippen LogP contribution in [0.5, 0.6) is 5.75 Å². The molecule has 1 N–H and O–H groups in total. The molecule has 0 saturated heterocycles. The molecule has 0 fully saturated rings. The standard InChI is InChI=1S/C12H15NO3/c1-9(2)6-11(13(15)16)7-10-4-3-5-12(14)8-10/h3-5,7-9,14H,6H2,1-2H3. The maximum atomic E-state index is 10.8. The van der Waals surface area contributed by atoms with Gasteiger partial charge in [0.05, 0.1) is 4.92 Å². The number of benzene rings is 1. The van der Waals surface area contributed by atoms with Gasteiger partial charge in [-0.3, -0.25) is 10.1 Å². The number of nitro groups is 1. The van der Waals surface area contributed by atoms with E-state index in [1.54, 1.807) is 12.1 Å². The highest BCUT2D eigenvalue weighted by Crippen LogP contribution is 2.18. The van der Waals surface area contributed by atoms with Crippen LogP contribution >= 0.6 is 0 Å². The van der Waals surface area contributed by atoms with Crippen molar-refractivity contribution in [1.29, 1.82) is 0 Å². The van der Waals surface area contributed by atoms with Gasteiger partial charge in [0.15, 0.2) is 0 Å². The predicted molar refractivity (Wildman–Crippen MR) is 62.5 cm³/mol. The fraction of sp³-hybridized carbons (Fsp3) is 0.333. The zero-order valence-corrected chi connectivity index (χ0v) is 9.38. The average molecular weight is 221 g/mol. The number of rotatable bonds is 4. The molecule has 1 rings (SSSR count). The van der Waals surface area contributed by atoms with Crippen molar-refractivity contribution in [3.8, 4) is 5.75 Å². The zero-order chi connectivity index (χ0) is 12.1. The van der Waals surface area contributed by atoms with E-state index >= 15 is 0 Å². The van der Waals surface area contributed by atoms with Crippen molar-refractivity contribution in [3.63, 3.8) is 0 Å². The minimum atomic E-state index is -0.371. The fourth-order valence-electron chi connectivity index (χ4n) is 1.41. The summed E-state index contributed by atoms with van der Waals surface area (Å²) in [7, 11) is 0. The van der Waals surface area contributed by atoms with E-state index in [2.05, 4.69) is 0 Å². The molecule has 16 heavy (non-hydrogen) atoms. The topological polar surface area (TPSA) is 63.4 Å². The van der Waals surface area contributed by atoms with Crippen LogP contribution < -0.4 is 0 Å². The van der Waals surface area contributed by atoms with Crippen molar-refractivity contribution in [2.45, 2.75) is 20.3 Å². The number of nitrogens with zero attached hydrogens (tertiary/aromatic N) is 1. The lowest BCUT2D eigenvalue weighted by Gasteiger charge is -2.02. The first-order valence-corrected chi connectivity index (χ1v) is 5.13. The molecule has 0 unspecified atom stereocenters. The second-order valence-corrected chi connectivity index (χ2v) is 4.09. The van der Waals surface area contributed by atoms with Crippen LogP contribution in [0.4, 0.5) is 0 Å². The molecular weight excluding hydrogens is 206 g/mol. The van der Waals surface area contributed by atoms with E-state index in [1.807, 2.05) is 13.8 Å². The highest BCUT2D eigenvalue weighted by molar-refractivity contribution is 5.53. The van der Waals surface area contributed by atoms with Crippen molar-refractivity contribution < 1.29 is 10.0 Å². The van der Waals surface area contributed by atoms with E-state index in [9.17, 15) is 15.2 Å². The SMILES string of the molecule is CC(C)CC(=Cc1cccc(O)c1)[N+](=O)[O-]. The Labute approximate surface area is 94.4 Å². The first-order valence-electron chi connectivity index (χ1n) is 5.13. The summed E-state index contributed by atoms with van der Waals surface area (Å²) >= 11 is 0. The molecule has 86 valence electrons. The van der Waals surface area contributed by atoms with Crippen molar-refractivity contribution in [2.24, 2.45) is 5.92 Å². The van der Waals surface area contributed by atoms with Crippen LogP contribution in [0.25, 0.3) is 6.08 Å². The molecule has 4 nitrogen and oxygen atoms in total. The summed E-state index contributed by atoms with van der Waals surface area (Å²) in [6.45, 7) is 3.86. The van der Waals surface area contributed by atoms with Gasteiger partial charge in [-0.1, -0.05) is 26.0 Å². The number of hydrogen-bond donors (Lipinski definition) is 1. The molecule has 1 aromatic rings. The minimum absolute atomic E-state index is 0.112. The van der Waals surface area contributed by atoms with Gasteiger partial charge in [-0.15, -0.1) is 0 Å². The lowest BCUT2D eigenvalue weighted by Crippen LogP contribution is -2.02. The maximum absolute atomic E-state index is 10.8. The molecule has 4 heteroatoms. The Kier molecular flexibility index (Phi) is 4.05. The summed E-state index contributed by atoms with van der Waals surface area (Å²) in [5, 5.41) is 20.0. The summed E-state index contributed by atoms with van der Waals surface area (Å²) in [6.07, 6.45) is 1.92. The van der Waals surface area contributed by atoms with E-state index in [4.69, 9.17) is 0 Å². The maximum Gasteiger partial charge on any atom is 0.247 e. The molecule has 0 saturated carbocycles. The number of allylic oxidation sites excluding steroid dienone is 1. The van der Waals surface area contributed by atoms with E-state index in [0.29, 0.717) is 12.0 Å². The largest absolute Gasteiger partial charge is 0.508 e. The molecule has 0 heterocycles. The van der Waals surface area contributed by atoms with Gasteiger partial charge in [-0.2, -0.15) is 0 Å². The van der Waals surface area contributed by atoms with E-state index in [1.165, 1.54) is 18.2 Å². The number of phenols is 1. The van der Waals surface area contributed by atoms with Gasteiger partial charge in [-0.25, -0.2) is 0 Å². The number of hydrogen-bond acceptors (Lipinski definition) is 3. The second kappa shape index (κ2) is 5.30. The van der Waals surface area contributed by atoms with Crippen LogP contribution in [0.15, 0.2) is 30.0 Å². The Morgan fingerprint density at radius 2 is 2.25 bits per heavy atom. The monoisotopic (exact) mass is 221 g/mol. The van der Waals surface area contributed by atoms with Gasteiger partial charge in [0.2, 0.25) is 5.70 Å². The van der Waals surface area contributed by atoms with Crippen molar-refractivity contribution in [1.82, 2.24) is 0 Å². The molecule has 0 aromatic heterocycles. The van der Waals surface area contributed by atoms with E-state index in [-0.39, 0.29) is 22.3 Å². The van der Waals surface area contributed by atoms with Gasteiger partial charge >= 0.3 is 0 Å². The smallest absolute Gasteiger partial charge is 0.247 e. The molecule has 0 amide bonds. The Hall–Kier alpha value is -1.84. The Morgan fingerprint density at radius 1 is 1.56 bits per heavy atom. The first-order chi connectivity index (χ1) is 7.49. The molecule has 0 radical (unpaired) electrons. The van der Waals surface area contributed by atoms with Crippen LogP contribution in [-0.4, -0.2) is 10.0 Å². The zero-order valence-electron chi connectivity index (χ0n) is 9.38. The summed E-state index contributed by atoms with van der Waals surface area (Å²) in [5.41, 5.74) is 0.813. The van der Waals surface area contributed by atoms with Crippen molar-refractivity contribution in [2.75, 3.05) is 0 Å². The first kappa shape index (κ1) is 12.2. The second-order valence-electron chi connectivity index (χ2n) is 4.09. The Balaban J connectivity index is 2.97. The normalized spacial score (nSPS) is 11.8. The summed E-state index contributed by atoms with van der Waals surface area (Å²) in [4.78, 5) is 10.4. The van der Waals surface area contributed by atoms with Gasteiger partial charge in [0.25, 0.3) is 0 Å². The Bertz CT molecular complexity index is 410. The fourth-order valence-corrected chi connectivity index (χ4v) is 1.41. The molecule has 0 bridgehead atoms. The average Bonchev–Trinajstić information content (AvgIpc) is 2.15. The quantitative estimate of drug-likeness (QED) is 0.627. The van der Waals surface area contributed by atoms with E-state index in [0.717, 1.165) is 0 Å². The lowest BCUT2D eigenvalue weighted by molar-refractivity contribution is -0.427. The van der Waals surface area contributed by atoms with Crippen LogP contribution in [0, 0.1) is 16.0 Å². The number of aromatic hydroxyl groups is 1. The van der Waals surface area contributed by atoms with Gasteiger partial charge < -0.3 is 5.11 Å². The van der Waals surface area contributed by atoms with Gasteiger partial charge in [0, 0.05) is 12.5 Å². The summed E-state index contributed by atoms with van der Waals surface area (Å²) in [6, 6.07) is 6.42. The van der Waals surface area contributed by atoms with Gasteiger partial charge in [-0.05, 0) is 23.6 Å². The summed E-state index contributed by atoms with van der Waals surface area (Å²) in [5.74, 6) is 0.343. The predicted octanol–water partition coefficient (Wildman–Crippen LogP) is 3.06. The minimum Gasteiger partial charge on any atom is -0.508 e. The molecule has 0 spiro atoms. The van der Waals surface area contributed by atoms with Crippen LogP contribution in [0.1, 0.15) is 25.8 Å². The third kappa shape index (κ3) is 3.73. The molecule has 0 aliphatic rings. The molecule has 0 aliphatic carbocycles. The van der Waals surface area contributed by atoms with Crippen LogP contribution in [0.3, 0.4) is 0 Å². The van der Waals surface area contributed by atoms with Crippen LogP contribution in [-0.2, 0) is 0 Å². The Morgan fingerprint density at radius 3 is 2.75 bits per heavy atom. The molecule has 0 aliphatic heterocycles. The van der Waals surface area contributed by atoms with Crippen molar-refractivity contribution >= 4 is 6.08 Å². The van der Waals surface area contributed by atoms with E-state index < -0.39 is 0 Å². The summed E-state index contributed by atoms with van der Waals surface area (Å²) < 4.78 is 0. The highest BCUT2D eigenvalue weighted by atomic mass is 16.6. The molecular formula is C12H15NO3. The highest BCUT2D eigenvalue weighted by Gasteiger charge is 2.12. The number of phenolic OH excluding ortho intramolecular Hbond substituents is 1. The van der Waals surface area contributed by atoms with Crippen LogP contribution in [0.2, 0.25) is 0 Å².